The van der Waals surface area contributed by atoms with E-state index in [0.29, 0.717) is 23.6 Å². The van der Waals surface area contributed by atoms with Gasteiger partial charge in [-0.05, 0) is 48.3 Å². The lowest BCUT2D eigenvalue weighted by molar-refractivity contribution is 0.0708. The van der Waals surface area contributed by atoms with Gasteiger partial charge in [-0.25, -0.2) is 9.97 Å². The number of hydrogen-bond donors (Lipinski definition) is 0. The molecule has 2 bridgehead atoms. The second kappa shape index (κ2) is 6.37. The number of aromatic nitrogens is 4. The highest BCUT2D eigenvalue weighted by Crippen LogP contribution is 2.52. The van der Waals surface area contributed by atoms with Crippen LogP contribution in [0.2, 0.25) is 0 Å². The lowest BCUT2D eigenvalue weighted by atomic mass is 9.65. The number of nitrogens with zero attached hydrogens (tertiary/aromatic N) is 5. The van der Waals surface area contributed by atoms with E-state index in [-0.39, 0.29) is 11.3 Å². The fourth-order valence-electron chi connectivity index (χ4n) is 5.71. The minimum atomic E-state index is 0.0881. The zero-order chi connectivity index (χ0) is 20.2. The Bertz CT molecular complexity index is 1070. The van der Waals surface area contributed by atoms with Gasteiger partial charge in [-0.1, -0.05) is 26.8 Å². The van der Waals surface area contributed by atoms with Crippen molar-refractivity contribution in [3.8, 4) is 0 Å². The summed E-state index contributed by atoms with van der Waals surface area (Å²) in [6.07, 6.45) is 8.62. The largest absolute Gasteiger partial charge is 0.335 e. The van der Waals surface area contributed by atoms with E-state index in [4.69, 9.17) is 0 Å². The lowest BCUT2D eigenvalue weighted by Crippen LogP contribution is -2.37. The van der Waals surface area contributed by atoms with Crippen LogP contribution in [0.5, 0.6) is 0 Å². The molecule has 1 aliphatic carbocycles. The summed E-state index contributed by atoms with van der Waals surface area (Å²) < 4.78 is 1.97. The van der Waals surface area contributed by atoms with Crippen LogP contribution in [0.3, 0.4) is 0 Å². The van der Waals surface area contributed by atoms with Gasteiger partial charge >= 0.3 is 0 Å². The predicted molar refractivity (Wildman–Crippen MR) is 111 cm³/mol. The third-order valence-electron chi connectivity index (χ3n) is 6.44. The summed E-state index contributed by atoms with van der Waals surface area (Å²) in [6.45, 7) is 8.43. The molecule has 3 aromatic rings. The zero-order valence-electron chi connectivity index (χ0n) is 17.3. The van der Waals surface area contributed by atoms with Crippen molar-refractivity contribution in [1.82, 2.24) is 24.4 Å². The van der Waals surface area contributed by atoms with Crippen molar-refractivity contribution in [2.75, 3.05) is 6.54 Å². The van der Waals surface area contributed by atoms with E-state index in [9.17, 15) is 4.79 Å². The predicted octanol–water partition coefficient (Wildman–Crippen LogP) is 3.92. The Morgan fingerprint density at radius 3 is 2.83 bits per heavy atom. The average molecular weight is 390 g/mol. The van der Waals surface area contributed by atoms with Crippen molar-refractivity contribution in [2.45, 2.75) is 52.6 Å². The number of pyridine rings is 2. The highest BCUT2D eigenvalue weighted by atomic mass is 16.2. The summed E-state index contributed by atoms with van der Waals surface area (Å²) in [5, 5.41) is 0. The Kier molecular flexibility index (Phi) is 4.02. The Balaban J connectivity index is 1.41. The van der Waals surface area contributed by atoms with E-state index >= 15 is 0 Å². The third kappa shape index (κ3) is 3.30. The highest BCUT2D eigenvalue weighted by Gasteiger charge is 2.51. The average Bonchev–Trinajstić information content (AvgIpc) is 3.18. The highest BCUT2D eigenvalue weighted by molar-refractivity contribution is 5.96. The first kappa shape index (κ1) is 18.3. The summed E-state index contributed by atoms with van der Waals surface area (Å²) in [7, 11) is 0. The smallest absolute Gasteiger partial charge is 0.255 e. The van der Waals surface area contributed by atoms with Crippen molar-refractivity contribution in [3.05, 3.63) is 54.2 Å². The van der Waals surface area contributed by atoms with E-state index in [1.165, 1.54) is 6.42 Å². The van der Waals surface area contributed by atoms with Crippen LogP contribution in [-0.2, 0) is 6.54 Å². The number of imidazole rings is 1. The van der Waals surface area contributed by atoms with Gasteiger partial charge in [-0.2, -0.15) is 0 Å². The summed E-state index contributed by atoms with van der Waals surface area (Å²) in [5.41, 5.74) is 3.63. The molecule has 2 atom stereocenters. The normalized spacial score (nSPS) is 25.5. The van der Waals surface area contributed by atoms with Gasteiger partial charge in [0.1, 0.15) is 5.52 Å². The number of hydrogen-bond acceptors (Lipinski definition) is 4. The number of carbonyl (C=O) groups is 1. The second-order valence-electron chi connectivity index (χ2n) is 9.91. The molecule has 5 rings (SSSR count). The van der Waals surface area contributed by atoms with Crippen LogP contribution in [0, 0.1) is 10.8 Å². The van der Waals surface area contributed by atoms with Gasteiger partial charge in [0.15, 0.2) is 5.65 Å². The molecular weight excluding hydrogens is 362 g/mol. The van der Waals surface area contributed by atoms with E-state index in [0.717, 1.165) is 36.2 Å². The molecule has 1 amide bonds. The first-order valence-electron chi connectivity index (χ1n) is 10.3. The maximum absolute atomic E-state index is 13.3. The molecular formula is C23H27N5O. The van der Waals surface area contributed by atoms with Gasteiger partial charge in [0.05, 0.1) is 24.1 Å². The Morgan fingerprint density at radius 2 is 2.03 bits per heavy atom. The first-order chi connectivity index (χ1) is 13.8. The molecule has 4 heterocycles. The molecule has 6 heteroatoms. The summed E-state index contributed by atoms with van der Waals surface area (Å²) in [6, 6.07) is 8.07. The van der Waals surface area contributed by atoms with Crippen molar-refractivity contribution < 1.29 is 4.79 Å². The molecule has 0 radical (unpaired) electrons. The van der Waals surface area contributed by atoms with Crippen LogP contribution in [0.4, 0.5) is 0 Å². The zero-order valence-corrected chi connectivity index (χ0v) is 17.3. The van der Waals surface area contributed by atoms with Gasteiger partial charge < -0.3 is 9.47 Å². The molecule has 1 aliphatic heterocycles. The molecule has 1 saturated heterocycles. The number of likely N-dealkylation sites (tertiary alicyclic amines) is 1. The maximum atomic E-state index is 13.3. The summed E-state index contributed by atoms with van der Waals surface area (Å²) >= 11 is 0. The molecule has 1 saturated carbocycles. The van der Waals surface area contributed by atoms with Crippen molar-refractivity contribution >= 4 is 17.1 Å². The van der Waals surface area contributed by atoms with Gasteiger partial charge in [-0.3, -0.25) is 9.78 Å². The fraction of sp³-hybridized carbons (Fsp3) is 0.478. The van der Waals surface area contributed by atoms with E-state index in [1.54, 1.807) is 18.7 Å². The number of carbonyl (C=O) groups excluding carboxylic acids is 1. The molecule has 29 heavy (non-hydrogen) atoms. The minimum Gasteiger partial charge on any atom is -0.335 e. The van der Waals surface area contributed by atoms with Crippen LogP contribution in [0.15, 0.2) is 43.0 Å². The molecule has 0 unspecified atom stereocenters. The fourth-order valence-corrected chi connectivity index (χ4v) is 5.71. The summed E-state index contributed by atoms with van der Waals surface area (Å²) in [5.74, 6) is 0.0881. The van der Waals surface area contributed by atoms with Crippen LogP contribution in [0.1, 0.15) is 56.1 Å². The van der Waals surface area contributed by atoms with Crippen LogP contribution < -0.4 is 0 Å². The summed E-state index contributed by atoms with van der Waals surface area (Å²) in [4.78, 5) is 28.9. The molecule has 0 aromatic carbocycles. The van der Waals surface area contributed by atoms with Crippen LogP contribution >= 0.6 is 0 Å². The topological polar surface area (TPSA) is 63.9 Å². The Labute approximate surface area is 171 Å². The monoisotopic (exact) mass is 389 g/mol. The van der Waals surface area contributed by atoms with Crippen LogP contribution in [0.25, 0.3) is 11.2 Å². The molecule has 2 aliphatic rings. The van der Waals surface area contributed by atoms with Gasteiger partial charge in [0.2, 0.25) is 0 Å². The van der Waals surface area contributed by atoms with E-state index in [1.807, 2.05) is 28.8 Å². The van der Waals surface area contributed by atoms with Crippen LogP contribution in [-0.4, -0.2) is 42.9 Å². The number of amides is 1. The van der Waals surface area contributed by atoms with Crippen molar-refractivity contribution in [2.24, 2.45) is 10.8 Å². The molecule has 0 N–H and O–H groups in total. The van der Waals surface area contributed by atoms with E-state index in [2.05, 4.69) is 40.6 Å². The lowest BCUT2D eigenvalue weighted by Gasteiger charge is -2.39. The van der Waals surface area contributed by atoms with Gasteiger partial charge in [-0.15, -0.1) is 0 Å². The molecule has 0 spiro atoms. The van der Waals surface area contributed by atoms with Crippen molar-refractivity contribution in [3.63, 3.8) is 0 Å². The minimum absolute atomic E-state index is 0.0881. The Morgan fingerprint density at radius 1 is 1.17 bits per heavy atom. The SMILES string of the molecule is CC1(C)C[C@@H]2C[C@@](C)(CN2C(=O)c2cnc3c(c2)ncn3Cc2ccccn2)C1. The molecule has 6 nitrogen and oxygen atoms in total. The maximum Gasteiger partial charge on any atom is 0.255 e. The quantitative estimate of drug-likeness (QED) is 0.681. The number of rotatable bonds is 3. The van der Waals surface area contributed by atoms with E-state index < -0.39 is 0 Å². The third-order valence-corrected chi connectivity index (χ3v) is 6.44. The second-order valence-corrected chi connectivity index (χ2v) is 9.91. The first-order valence-corrected chi connectivity index (χ1v) is 10.3. The molecule has 150 valence electrons. The molecule has 2 fully saturated rings. The Hall–Kier alpha value is -2.76. The molecule has 3 aromatic heterocycles. The number of fused-ring (bicyclic) bond motifs is 3. The van der Waals surface area contributed by atoms with Crippen molar-refractivity contribution in [1.29, 1.82) is 0 Å². The van der Waals surface area contributed by atoms with Gasteiger partial charge in [0.25, 0.3) is 5.91 Å². The van der Waals surface area contributed by atoms with Gasteiger partial charge in [0, 0.05) is 25.0 Å². The standard InChI is InChI=1S/C23H27N5O/c1-22(2)9-18-10-23(3,13-22)14-28(18)21(29)16-8-19-20(25-11-16)27(15-26-19)12-17-6-4-5-7-24-17/h4-8,11,15,18H,9-10,12-14H2,1-3H3/t18-,23-/m1/s1.